The van der Waals surface area contributed by atoms with Crippen molar-refractivity contribution in [3.05, 3.63) is 20.8 Å². The van der Waals surface area contributed by atoms with E-state index >= 15 is 0 Å². The minimum absolute atomic E-state index is 0.267. The van der Waals surface area contributed by atoms with E-state index in [9.17, 15) is 0 Å². The van der Waals surface area contributed by atoms with Crippen LogP contribution in [-0.2, 0) is 6.54 Å². The van der Waals surface area contributed by atoms with E-state index in [1.165, 1.54) is 17.7 Å². The van der Waals surface area contributed by atoms with Gasteiger partial charge in [0.25, 0.3) is 0 Å². The molecule has 1 aliphatic carbocycles. The summed E-state index contributed by atoms with van der Waals surface area (Å²) in [5.74, 6) is 0. The summed E-state index contributed by atoms with van der Waals surface area (Å²) in [5, 5.41) is 11.1. The number of rotatable bonds is 5. The first-order valence-electron chi connectivity index (χ1n) is 4.87. The number of thiophene rings is 1. The van der Waals surface area contributed by atoms with Gasteiger partial charge in [0.2, 0.25) is 0 Å². The summed E-state index contributed by atoms with van der Waals surface area (Å²) in [6.45, 7) is 2.06. The summed E-state index contributed by atoms with van der Waals surface area (Å²) in [5.41, 5.74) is 0. The van der Waals surface area contributed by atoms with Crippen LogP contribution >= 0.6 is 27.3 Å². The Morgan fingerprint density at radius 3 is 2.86 bits per heavy atom. The Morgan fingerprint density at radius 2 is 2.36 bits per heavy atom. The second-order valence-electron chi connectivity index (χ2n) is 3.66. The van der Waals surface area contributed by atoms with Gasteiger partial charge in [-0.15, -0.1) is 11.3 Å². The minimum Gasteiger partial charge on any atom is -0.395 e. The van der Waals surface area contributed by atoms with E-state index in [-0.39, 0.29) is 6.61 Å². The molecule has 0 atom stereocenters. The Balaban J connectivity index is 1.92. The normalized spacial score (nSPS) is 16.5. The molecule has 2 rings (SSSR count). The SMILES string of the molecule is OCCN(Cc1cc(Br)cs1)C1CC1. The van der Waals surface area contributed by atoms with Gasteiger partial charge in [-0.25, -0.2) is 0 Å². The van der Waals surface area contributed by atoms with Crippen LogP contribution in [0.3, 0.4) is 0 Å². The molecule has 1 fully saturated rings. The molecule has 0 radical (unpaired) electrons. The van der Waals surface area contributed by atoms with Gasteiger partial charge in [-0.2, -0.15) is 0 Å². The third kappa shape index (κ3) is 2.79. The molecule has 1 aliphatic rings. The van der Waals surface area contributed by atoms with Crippen molar-refractivity contribution in [2.24, 2.45) is 0 Å². The zero-order valence-corrected chi connectivity index (χ0v) is 10.4. The standard InChI is InChI=1S/C10H14BrNOS/c11-8-5-10(14-7-8)6-12(3-4-13)9-1-2-9/h5,7,9,13H,1-4,6H2. The Kier molecular flexibility index (Phi) is 3.60. The lowest BCUT2D eigenvalue weighted by Gasteiger charge is -2.19. The Morgan fingerprint density at radius 1 is 1.57 bits per heavy atom. The Bertz CT molecular complexity index is 298. The average molecular weight is 276 g/mol. The molecule has 1 aromatic rings. The maximum atomic E-state index is 8.95. The second-order valence-corrected chi connectivity index (χ2v) is 5.57. The quantitative estimate of drug-likeness (QED) is 0.893. The smallest absolute Gasteiger partial charge is 0.0558 e. The van der Waals surface area contributed by atoms with Crippen LogP contribution < -0.4 is 0 Å². The fraction of sp³-hybridized carbons (Fsp3) is 0.600. The average Bonchev–Trinajstić information content (AvgIpc) is 2.91. The molecule has 1 heterocycles. The first-order valence-corrected chi connectivity index (χ1v) is 6.54. The number of nitrogens with zero attached hydrogens (tertiary/aromatic N) is 1. The van der Waals surface area contributed by atoms with Gasteiger partial charge in [0.05, 0.1) is 6.61 Å². The lowest BCUT2D eigenvalue weighted by Crippen LogP contribution is -2.28. The van der Waals surface area contributed by atoms with Gasteiger partial charge >= 0.3 is 0 Å². The van der Waals surface area contributed by atoms with E-state index in [0.717, 1.165) is 23.6 Å². The maximum absolute atomic E-state index is 8.95. The Hall–Kier alpha value is 0.1000. The van der Waals surface area contributed by atoms with Gasteiger partial charge in [0, 0.05) is 33.9 Å². The summed E-state index contributed by atoms with van der Waals surface area (Å²) in [4.78, 5) is 3.75. The first-order chi connectivity index (χ1) is 6.79. The highest BCUT2D eigenvalue weighted by Gasteiger charge is 2.28. The molecule has 1 N–H and O–H groups in total. The second kappa shape index (κ2) is 4.75. The van der Waals surface area contributed by atoms with Crippen molar-refractivity contribution in [2.75, 3.05) is 13.2 Å². The van der Waals surface area contributed by atoms with E-state index < -0.39 is 0 Å². The third-order valence-corrected chi connectivity index (χ3v) is 4.11. The van der Waals surface area contributed by atoms with Crippen molar-refractivity contribution in [2.45, 2.75) is 25.4 Å². The molecule has 0 saturated heterocycles. The molecular weight excluding hydrogens is 262 g/mol. The molecule has 1 saturated carbocycles. The number of hydrogen-bond donors (Lipinski definition) is 1. The van der Waals surface area contributed by atoms with Crippen molar-refractivity contribution in [3.63, 3.8) is 0 Å². The van der Waals surface area contributed by atoms with Crippen LogP contribution in [-0.4, -0.2) is 29.2 Å². The molecule has 0 aromatic carbocycles. The van der Waals surface area contributed by atoms with Gasteiger partial charge in [-0.05, 0) is 34.8 Å². The minimum atomic E-state index is 0.267. The van der Waals surface area contributed by atoms with Crippen LogP contribution in [0.1, 0.15) is 17.7 Å². The van der Waals surface area contributed by atoms with Gasteiger partial charge in [0.1, 0.15) is 0 Å². The van der Waals surface area contributed by atoms with Crippen molar-refractivity contribution in [1.82, 2.24) is 4.90 Å². The lowest BCUT2D eigenvalue weighted by atomic mass is 10.4. The molecule has 0 unspecified atom stereocenters. The summed E-state index contributed by atoms with van der Waals surface area (Å²) >= 11 is 5.23. The fourth-order valence-corrected chi connectivity index (χ4v) is 3.07. The largest absolute Gasteiger partial charge is 0.395 e. The fourth-order valence-electron chi connectivity index (χ4n) is 1.60. The topological polar surface area (TPSA) is 23.5 Å². The molecule has 14 heavy (non-hydrogen) atoms. The molecule has 0 spiro atoms. The number of aliphatic hydroxyl groups is 1. The van der Waals surface area contributed by atoms with Gasteiger partial charge in [0.15, 0.2) is 0 Å². The Labute approximate surface area is 96.7 Å². The van der Waals surface area contributed by atoms with Crippen molar-refractivity contribution in [1.29, 1.82) is 0 Å². The molecule has 1 aromatic heterocycles. The number of hydrogen-bond acceptors (Lipinski definition) is 3. The van der Waals surface area contributed by atoms with Gasteiger partial charge < -0.3 is 5.11 Å². The van der Waals surface area contributed by atoms with Crippen LogP contribution in [0.15, 0.2) is 15.9 Å². The highest BCUT2D eigenvalue weighted by molar-refractivity contribution is 9.10. The molecule has 4 heteroatoms. The third-order valence-electron chi connectivity index (χ3n) is 2.43. The highest BCUT2D eigenvalue weighted by Crippen LogP contribution is 2.29. The molecule has 2 nitrogen and oxygen atoms in total. The zero-order chi connectivity index (χ0) is 9.97. The predicted octanol–water partition coefficient (Wildman–Crippen LogP) is 2.47. The zero-order valence-electron chi connectivity index (χ0n) is 7.95. The number of halogens is 1. The van der Waals surface area contributed by atoms with Crippen molar-refractivity contribution >= 4 is 27.3 Å². The van der Waals surface area contributed by atoms with Crippen LogP contribution in [0.5, 0.6) is 0 Å². The van der Waals surface area contributed by atoms with E-state index in [1.54, 1.807) is 11.3 Å². The van der Waals surface area contributed by atoms with Crippen molar-refractivity contribution < 1.29 is 5.11 Å². The highest BCUT2D eigenvalue weighted by atomic mass is 79.9. The van der Waals surface area contributed by atoms with E-state index in [0.29, 0.717) is 0 Å². The lowest BCUT2D eigenvalue weighted by molar-refractivity contribution is 0.184. The summed E-state index contributed by atoms with van der Waals surface area (Å²) in [7, 11) is 0. The number of aliphatic hydroxyl groups excluding tert-OH is 1. The van der Waals surface area contributed by atoms with Gasteiger partial charge in [-0.1, -0.05) is 0 Å². The summed E-state index contributed by atoms with van der Waals surface area (Å²) in [6.07, 6.45) is 2.60. The monoisotopic (exact) mass is 275 g/mol. The van der Waals surface area contributed by atoms with E-state index in [2.05, 4.69) is 32.3 Å². The molecule has 0 bridgehead atoms. The maximum Gasteiger partial charge on any atom is 0.0558 e. The molecular formula is C10H14BrNOS. The summed E-state index contributed by atoms with van der Waals surface area (Å²) in [6, 6.07) is 2.89. The van der Waals surface area contributed by atoms with Gasteiger partial charge in [-0.3, -0.25) is 4.90 Å². The summed E-state index contributed by atoms with van der Waals surface area (Å²) < 4.78 is 1.16. The molecule has 0 aliphatic heterocycles. The van der Waals surface area contributed by atoms with E-state index in [4.69, 9.17) is 5.11 Å². The first kappa shape index (κ1) is 10.6. The predicted molar refractivity (Wildman–Crippen MR) is 62.5 cm³/mol. The van der Waals surface area contributed by atoms with E-state index in [1.807, 2.05) is 0 Å². The molecule has 0 amide bonds. The van der Waals surface area contributed by atoms with Crippen LogP contribution in [0.2, 0.25) is 0 Å². The van der Waals surface area contributed by atoms with Crippen LogP contribution in [0.4, 0.5) is 0 Å². The molecule has 78 valence electrons. The van der Waals surface area contributed by atoms with Crippen molar-refractivity contribution in [3.8, 4) is 0 Å². The van der Waals surface area contributed by atoms with Crippen LogP contribution in [0.25, 0.3) is 0 Å². The van der Waals surface area contributed by atoms with Crippen LogP contribution in [0, 0.1) is 0 Å².